The third-order valence-corrected chi connectivity index (χ3v) is 0.432. The Balaban J connectivity index is 3.27. The second kappa shape index (κ2) is 6.12. The van der Waals surface area contributed by atoms with Gasteiger partial charge in [0.05, 0.1) is 0 Å². The molecule has 27 valence electrons. The Hall–Kier alpha value is 0.125. The molecular formula is CH3B5N. The Morgan fingerprint density at radius 3 is 2.71 bits per heavy atom. The van der Waals surface area contributed by atoms with Crippen molar-refractivity contribution < 1.29 is 0 Å². The molecule has 0 bridgehead atoms. The summed E-state index contributed by atoms with van der Waals surface area (Å²) in [5, 5.41) is 0. The van der Waals surface area contributed by atoms with E-state index in [1.807, 2.05) is 6.82 Å². The van der Waals surface area contributed by atoms with E-state index in [1.54, 1.807) is 20.7 Å². The molecule has 0 N–H and O–H groups in total. The number of hydrogen-bond acceptors (Lipinski definition) is 1. The van der Waals surface area contributed by atoms with Crippen LogP contribution in [0.1, 0.15) is 0 Å². The van der Waals surface area contributed by atoms with Gasteiger partial charge in [-0.05, 0) is 0 Å². The van der Waals surface area contributed by atoms with Gasteiger partial charge in [0, 0.05) is 0 Å². The van der Waals surface area contributed by atoms with Crippen LogP contribution in [0.5, 0.6) is 0 Å². The molecule has 0 aliphatic heterocycles. The van der Waals surface area contributed by atoms with Gasteiger partial charge >= 0.3 is 46.4 Å². The Morgan fingerprint density at radius 2 is 2.29 bits per heavy atom. The summed E-state index contributed by atoms with van der Waals surface area (Å²) in [6.07, 6.45) is 0. The van der Waals surface area contributed by atoms with Crippen molar-refractivity contribution >= 4 is 34.8 Å². The summed E-state index contributed by atoms with van der Waals surface area (Å²) in [7, 11) is 6.68. The van der Waals surface area contributed by atoms with Gasteiger partial charge in [-0.15, -0.1) is 0 Å². The Kier molecular flexibility index (Phi) is 6.23. The van der Waals surface area contributed by atoms with Crippen molar-refractivity contribution in [2.24, 2.45) is 4.81 Å². The molecule has 0 saturated carbocycles. The molecule has 1 radical (unpaired) electrons. The standard InChI is InChI=1S/CH3B5N/c1-3-7-6-5-4-2/h1H3. The van der Waals surface area contributed by atoms with E-state index in [9.17, 15) is 0 Å². The van der Waals surface area contributed by atoms with Crippen molar-refractivity contribution in [3.63, 3.8) is 0 Å². The molecule has 0 atom stereocenters. The molecule has 0 aromatic carbocycles. The quantitative estimate of drug-likeness (QED) is 0.374. The van der Waals surface area contributed by atoms with E-state index in [4.69, 9.17) is 7.37 Å². The average molecular weight is 83.1 g/mol. The first-order valence-corrected chi connectivity index (χ1v) is 2.09. The van der Waals surface area contributed by atoms with Crippen molar-refractivity contribution in [1.82, 2.24) is 0 Å². The fourth-order valence-corrected chi connectivity index (χ4v) is 0.185. The van der Waals surface area contributed by atoms with Crippen LogP contribution in [0.4, 0.5) is 0 Å². The van der Waals surface area contributed by atoms with Crippen LogP contribution in [0, 0.1) is 0 Å². The van der Waals surface area contributed by atoms with E-state index in [-0.39, 0.29) is 0 Å². The topological polar surface area (TPSA) is 12.4 Å². The predicted molar refractivity (Wildman–Crippen MR) is 37.1 cm³/mol. The van der Waals surface area contributed by atoms with Gasteiger partial charge in [-0.1, -0.05) is 0 Å². The third-order valence-electron chi connectivity index (χ3n) is 0.432. The number of hydrogen-bond donors (Lipinski definition) is 0. The fourth-order valence-electron chi connectivity index (χ4n) is 0.185. The van der Waals surface area contributed by atoms with Crippen LogP contribution in [0.25, 0.3) is 0 Å². The minimum atomic E-state index is 1.44. The SMILES string of the molecule is [B]=BB=BN=BC. The van der Waals surface area contributed by atoms with Crippen LogP contribution in [-0.4, -0.2) is 34.8 Å². The van der Waals surface area contributed by atoms with Crippen LogP contribution in [0.15, 0.2) is 4.81 Å². The van der Waals surface area contributed by atoms with Crippen LogP contribution < -0.4 is 0 Å². The van der Waals surface area contributed by atoms with Crippen molar-refractivity contribution in [3.05, 3.63) is 0 Å². The zero-order valence-electron chi connectivity index (χ0n) is 4.33. The van der Waals surface area contributed by atoms with E-state index < -0.39 is 0 Å². The maximum absolute atomic E-state index is 4.98. The summed E-state index contributed by atoms with van der Waals surface area (Å²) in [4.78, 5) is 3.74. The van der Waals surface area contributed by atoms with E-state index in [1.165, 1.54) is 6.69 Å². The summed E-state index contributed by atoms with van der Waals surface area (Å²) >= 11 is 0. The van der Waals surface area contributed by atoms with Crippen LogP contribution in [0.2, 0.25) is 6.82 Å². The average Bonchev–Trinajstić information content (AvgIpc) is 1.69. The Labute approximate surface area is 47.2 Å². The first-order chi connectivity index (χ1) is 3.41. The van der Waals surface area contributed by atoms with Gasteiger partial charge in [-0.25, -0.2) is 0 Å². The molecule has 0 aromatic rings. The summed E-state index contributed by atoms with van der Waals surface area (Å²) in [6, 6.07) is 0. The Bertz CT molecular complexity index is 94.3. The molecule has 0 rings (SSSR count). The molecule has 7 heavy (non-hydrogen) atoms. The molecule has 0 aliphatic rings. The van der Waals surface area contributed by atoms with Crippen molar-refractivity contribution in [3.8, 4) is 0 Å². The van der Waals surface area contributed by atoms with E-state index in [0.717, 1.165) is 0 Å². The summed E-state index contributed by atoms with van der Waals surface area (Å²) < 4.78 is 0. The summed E-state index contributed by atoms with van der Waals surface area (Å²) in [5.41, 5.74) is 0. The van der Waals surface area contributed by atoms with Crippen molar-refractivity contribution in [2.75, 3.05) is 0 Å². The Morgan fingerprint density at radius 1 is 1.57 bits per heavy atom. The monoisotopic (exact) mass is 84.1 g/mol. The summed E-state index contributed by atoms with van der Waals surface area (Å²) in [5.74, 6) is 0. The van der Waals surface area contributed by atoms with Gasteiger partial charge in [-0.2, -0.15) is 0 Å². The zero-order chi connectivity index (χ0) is 5.54. The van der Waals surface area contributed by atoms with Crippen molar-refractivity contribution in [2.45, 2.75) is 6.82 Å². The number of rotatable bonds is 2. The molecule has 0 saturated heterocycles. The molecule has 0 unspecified atom stereocenters. The molecule has 0 amide bonds. The van der Waals surface area contributed by atoms with Gasteiger partial charge in [0.1, 0.15) is 0 Å². The maximum atomic E-state index is 4.98. The second-order valence-corrected chi connectivity index (χ2v) is 0.941. The van der Waals surface area contributed by atoms with Gasteiger partial charge in [0.25, 0.3) is 0 Å². The third kappa shape index (κ3) is 6.12. The molecule has 1 nitrogen and oxygen atoms in total. The van der Waals surface area contributed by atoms with Crippen LogP contribution in [0.3, 0.4) is 0 Å². The molecule has 6 heteroatoms. The molecule has 0 aliphatic carbocycles. The van der Waals surface area contributed by atoms with Crippen LogP contribution >= 0.6 is 0 Å². The fraction of sp³-hybridized carbons (Fsp3) is 1.00. The van der Waals surface area contributed by atoms with Gasteiger partial charge in [-0.3, -0.25) is 0 Å². The first-order valence-electron chi connectivity index (χ1n) is 2.09. The van der Waals surface area contributed by atoms with Crippen LogP contribution in [-0.2, 0) is 0 Å². The molecule has 0 aromatic heterocycles. The molecule has 0 spiro atoms. The van der Waals surface area contributed by atoms with Gasteiger partial charge in [0.15, 0.2) is 0 Å². The zero-order valence-corrected chi connectivity index (χ0v) is 4.33. The van der Waals surface area contributed by atoms with E-state index in [0.29, 0.717) is 0 Å². The normalized spacial score (nSPS) is 6.86. The van der Waals surface area contributed by atoms with E-state index in [2.05, 4.69) is 4.81 Å². The molecule has 0 fully saturated rings. The van der Waals surface area contributed by atoms with Crippen molar-refractivity contribution in [1.29, 1.82) is 0 Å². The second-order valence-electron chi connectivity index (χ2n) is 0.941. The number of nitrogens with zero attached hydrogens (tertiary/aromatic N) is 1. The van der Waals surface area contributed by atoms with Gasteiger partial charge in [0.2, 0.25) is 0 Å². The minimum absolute atomic E-state index is 1.44. The predicted octanol–water partition coefficient (Wildman–Crippen LogP) is -1.14. The van der Waals surface area contributed by atoms with E-state index >= 15 is 0 Å². The van der Waals surface area contributed by atoms with Gasteiger partial charge < -0.3 is 0 Å². The molecular weight excluding hydrogens is 80.1 g/mol. The summed E-state index contributed by atoms with van der Waals surface area (Å²) in [6.45, 7) is 6.58. The first kappa shape index (κ1) is 7.12. The molecule has 0 heterocycles.